The summed E-state index contributed by atoms with van der Waals surface area (Å²) in [5.74, 6) is 0.822. The summed E-state index contributed by atoms with van der Waals surface area (Å²) >= 11 is 3.48. The Morgan fingerprint density at radius 3 is 2.53 bits per heavy atom. The van der Waals surface area contributed by atoms with Gasteiger partial charge in [-0.25, -0.2) is 0 Å². The lowest BCUT2D eigenvalue weighted by Gasteiger charge is -2.06. The molecule has 2 N–H and O–H groups in total. The molecule has 0 aromatic heterocycles. The number of rotatable bonds is 1. The van der Waals surface area contributed by atoms with Crippen LogP contribution in [0.1, 0.15) is 0 Å². The van der Waals surface area contributed by atoms with Gasteiger partial charge in [0.1, 0.15) is 5.75 Å². The van der Waals surface area contributed by atoms with E-state index in [1.807, 2.05) is 30.3 Å². The number of anilines is 1. The molecule has 0 aliphatic rings. The molecule has 0 amide bonds. The average molecular weight is 289 g/mol. The number of methoxy groups -OCH3 is 1. The zero-order chi connectivity index (χ0) is 10.1. The van der Waals surface area contributed by atoms with E-state index >= 15 is 0 Å². The molecule has 0 spiro atoms. The first-order valence-corrected chi connectivity index (χ1v) is 5.03. The van der Waals surface area contributed by atoms with Gasteiger partial charge in [-0.15, -0.1) is 12.4 Å². The summed E-state index contributed by atoms with van der Waals surface area (Å²) < 4.78 is 6.19. The van der Waals surface area contributed by atoms with Crippen LogP contribution in [0.3, 0.4) is 0 Å². The molecule has 4 heteroatoms. The molecular formula is C11H11BrClNO. The first-order chi connectivity index (χ1) is 6.72. The van der Waals surface area contributed by atoms with Gasteiger partial charge < -0.3 is 10.5 Å². The zero-order valence-corrected chi connectivity index (χ0v) is 10.6. The number of ether oxygens (including phenoxy) is 1. The van der Waals surface area contributed by atoms with Crippen LogP contribution < -0.4 is 10.5 Å². The number of hydrogen-bond acceptors (Lipinski definition) is 2. The fourth-order valence-corrected chi connectivity index (χ4v) is 1.92. The van der Waals surface area contributed by atoms with Gasteiger partial charge in [0.15, 0.2) is 0 Å². The highest BCUT2D eigenvalue weighted by atomic mass is 79.9. The van der Waals surface area contributed by atoms with E-state index in [4.69, 9.17) is 10.5 Å². The van der Waals surface area contributed by atoms with Crippen molar-refractivity contribution < 1.29 is 4.74 Å². The maximum atomic E-state index is 5.87. The molecule has 2 rings (SSSR count). The van der Waals surface area contributed by atoms with Crippen LogP contribution in [-0.4, -0.2) is 7.11 Å². The molecule has 0 atom stereocenters. The third-order valence-corrected chi connectivity index (χ3v) is 2.90. The Labute approximate surface area is 103 Å². The van der Waals surface area contributed by atoms with E-state index in [0.717, 1.165) is 26.7 Å². The van der Waals surface area contributed by atoms with E-state index in [2.05, 4.69) is 15.9 Å². The van der Waals surface area contributed by atoms with Crippen LogP contribution in [0.25, 0.3) is 10.8 Å². The Bertz CT molecular complexity index is 487. The number of benzene rings is 2. The van der Waals surface area contributed by atoms with Gasteiger partial charge in [0.05, 0.1) is 7.11 Å². The molecule has 80 valence electrons. The minimum absolute atomic E-state index is 0. The van der Waals surface area contributed by atoms with Crippen molar-refractivity contribution in [3.05, 3.63) is 34.8 Å². The molecule has 0 heterocycles. The summed E-state index contributed by atoms with van der Waals surface area (Å²) in [6.45, 7) is 0. The summed E-state index contributed by atoms with van der Waals surface area (Å²) in [7, 11) is 1.65. The fourth-order valence-electron chi connectivity index (χ4n) is 1.44. The molecular weight excluding hydrogens is 277 g/mol. The summed E-state index contributed by atoms with van der Waals surface area (Å²) in [6, 6.07) is 9.69. The molecule has 0 saturated heterocycles. The van der Waals surface area contributed by atoms with Crippen molar-refractivity contribution >= 4 is 44.8 Å². The molecule has 0 aliphatic carbocycles. The Morgan fingerprint density at radius 2 is 1.87 bits per heavy atom. The van der Waals surface area contributed by atoms with E-state index in [9.17, 15) is 0 Å². The van der Waals surface area contributed by atoms with Crippen LogP contribution in [0.4, 0.5) is 5.69 Å². The quantitative estimate of drug-likeness (QED) is 0.814. The smallest absolute Gasteiger partial charge is 0.119 e. The molecule has 0 unspecified atom stereocenters. The maximum Gasteiger partial charge on any atom is 0.119 e. The van der Waals surface area contributed by atoms with E-state index < -0.39 is 0 Å². The highest BCUT2D eigenvalue weighted by Crippen LogP contribution is 2.31. The number of fused-ring (bicyclic) bond motifs is 1. The van der Waals surface area contributed by atoms with Gasteiger partial charge in [-0.05, 0) is 35.7 Å². The summed E-state index contributed by atoms with van der Waals surface area (Å²) in [5, 5.41) is 2.12. The lowest BCUT2D eigenvalue weighted by atomic mass is 10.1. The topological polar surface area (TPSA) is 35.2 Å². The Balaban J connectivity index is 0.00000112. The minimum Gasteiger partial charge on any atom is -0.497 e. The van der Waals surface area contributed by atoms with Crippen molar-refractivity contribution in [3.8, 4) is 5.75 Å². The van der Waals surface area contributed by atoms with E-state index in [-0.39, 0.29) is 12.4 Å². The summed E-state index contributed by atoms with van der Waals surface area (Å²) in [6.07, 6.45) is 0. The van der Waals surface area contributed by atoms with Crippen LogP contribution in [0.15, 0.2) is 34.8 Å². The van der Waals surface area contributed by atoms with Crippen LogP contribution in [0.5, 0.6) is 5.75 Å². The lowest BCUT2D eigenvalue weighted by Crippen LogP contribution is -1.89. The van der Waals surface area contributed by atoms with Crippen LogP contribution in [0, 0.1) is 0 Å². The molecule has 0 bridgehead atoms. The van der Waals surface area contributed by atoms with Gasteiger partial charge >= 0.3 is 0 Å². The minimum atomic E-state index is 0. The number of nitrogens with two attached hydrogens (primary N) is 1. The van der Waals surface area contributed by atoms with Crippen LogP contribution in [-0.2, 0) is 0 Å². The SMILES string of the molecule is COc1ccc2c(Br)ccc(N)c2c1.Cl. The monoisotopic (exact) mass is 287 g/mol. The predicted molar refractivity (Wildman–Crippen MR) is 69.9 cm³/mol. The van der Waals surface area contributed by atoms with Crippen LogP contribution >= 0.6 is 28.3 Å². The van der Waals surface area contributed by atoms with Crippen molar-refractivity contribution in [1.29, 1.82) is 0 Å². The molecule has 0 saturated carbocycles. The largest absolute Gasteiger partial charge is 0.497 e. The molecule has 2 nitrogen and oxygen atoms in total. The average Bonchev–Trinajstić information content (AvgIpc) is 2.23. The second-order valence-corrected chi connectivity index (χ2v) is 3.90. The first kappa shape index (κ1) is 12.1. The third kappa shape index (κ3) is 2.19. The number of halogens is 2. The predicted octanol–water partition coefficient (Wildman–Crippen LogP) is 3.61. The van der Waals surface area contributed by atoms with Gasteiger partial charge in [0.25, 0.3) is 0 Å². The van der Waals surface area contributed by atoms with Crippen molar-refractivity contribution in [2.45, 2.75) is 0 Å². The fraction of sp³-hybridized carbons (Fsp3) is 0.0909. The van der Waals surface area contributed by atoms with Crippen molar-refractivity contribution in [2.75, 3.05) is 12.8 Å². The highest BCUT2D eigenvalue weighted by Gasteiger charge is 2.03. The molecule has 2 aromatic rings. The third-order valence-electron chi connectivity index (χ3n) is 2.20. The van der Waals surface area contributed by atoms with Crippen molar-refractivity contribution in [2.24, 2.45) is 0 Å². The molecule has 0 fully saturated rings. The molecule has 0 aliphatic heterocycles. The lowest BCUT2D eigenvalue weighted by molar-refractivity contribution is 0.415. The number of hydrogen-bond donors (Lipinski definition) is 1. The van der Waals surface area contributed by atoms with E-state index in [0.29, 0.717) is 0 Å². The Kier molecular flexibility index (Phi) is 3.83. The second-order valence-electron chi connectivity index (χ2n) is 3.05. The van der Waals surface area contributed by atoms with Crippen molar-refractivity contribution in [1.82, 2.24) is 0 Å². The molecule has 0 radical (unpaired) electrons. The number of nitrogen functional groups attached to an aromatic ring is 1. The normalized spacial score (nSPS) is 9.73. The van der Waals surface area contributed by atoms with E-state index in [1.165, 1.54) is 0 Å². The Hall–Kier alpha value is -0.930. The second kappa shape index (κ2) is 4.73. The molecule has 2 aromatic carbocycles. The summed E-state index contributed by atoms with van der Waals surface area (Å²) in [5.41, 5.74) is 6.64. The van der Waals surface area contributed by atoms with Gasteiger partial charge in [0, 0.05) is 15.5 Å². The van der Waals surface area contributed by atoms with Gasteiger partial charge in [-0.1, -0.05) is 15.9 Å². The van der Waals surface area contributed by atoms with Gasteiger partial charge in [-0.2, -0.15) is 0 Å². The van der Waals surface area contributed by atoms with Gasteiger partial charge in [0.2, 0.25) is 0 Å². The zero-order valence-electron chi connectivity index (χ0n) is 8.16. The van der Waals surface area contributed by atoms with Gasteiger partial charge in [-0.3, -0.25) is 0 Å². The standard InChI is InChI=1S/C11H10BrNO.ClH/c1-14-7-2-3-8-9(6-7)11(13)5-4-10(8)12;/h2-6H,13H2,1H3;1H. The molecule has 15 heavy (non-hydrogen) atoms. The summed E-state index contributed by atoms with van der Waals surface area (Å²) in [4.78, 5) is 0. The maximum absolute atomic E-state index is 5.87. The Morgan fingerprint density at radius 1 is 1.13 bits per heavy atom. The first-order valence-electron chi connectivity index (χ1n) is 4.24. The van der Waals surface area contributed by atoms with E-state index in [1.54, 1.807) is 7.11 Å². The highest BCUT2D eigenvalue weighted by molar-refractivity contribution is 9.10. The van der Waals surface area contributed by atoms with Crippen LogP contribution in [0.2, 0.25) is 0 Å². The van der Waals surface area contributed by atoms with Crippen molar-refractivity contribution in [3.63, 3.8) is 0 Å².